The number of pyridine rings is 5. The Balaban J connectivity index is 0.000000136. The van der Waals surface area contributed by atoms with Gasteiger partial charge in [0.05, 0.1) is 70.8 Å². The van der Waals surface area contributed by atoms with Gasteiger partial charge in [0.2, 0.25) is 17.7 Å². The number of hydrogen-bond donors (Lipinski definition) is 14. The number of benzene rings is 6. The van der Waals surface area contributed by atoms with Gasteiger partial charge in [0.1, 0.15) is 115 Å². The van der Waals surface area contributed by atoms with Gasteiger partial charge in [-0.1, -0.05) is 121 Å². The second-order valence-electron chi connectivity index (χ2n) is 30.3. The Bertz CT molecular complexity index is 7410. The smallest absolute Gasteiger partial charge is 0.270 e. The molecule has 6 aromatic carbocycles. The molecule has 0 aliphatic heterocycles. The fourth-order valence-corrected chi connectivity index (χ4v) is 13.0. The monoisotopic (exact) mass is 1840 g/mol. The zero-order chi connectivity index (χ0) is 95.7. The topological polar surface area (TPSA) is 516 Å². The number of nitrogens with two attached hydrogens (primary N) is 3. The fraction of sp³-hybridized carbons (Fsp3) is 0.102. The summed E-state index contributed by atoms with van der Waals surface area (Å²) < 4.78 is 71.6. The zero-order valence-corrected chi connectivity index (χ0v) is 71.8. The van der Waals surface area contributed by atoms with Crippen LogP contribution in [0, 0.1) is 29.1 Å². The third kappa shape index (κ3) is 25.7. The Morgan fingerprint density at radius 3 is 1.12 bits per heavy atom. The van der Waals surface area contributed by atoms with Crippen molar-refractivity contribution in [2.75, 3.05) is 6.61 Å². The van der Waals surface area contributed by atoms with Crippen LogP contribution in [-0.2, 0) is 27.3 Å². The second kappa shape index (κ2) is 44.4. The average molecular weight is 1840 g/mol. The molecule has 136 heavy (non-hydrogen) atoms. The summed E-state index contributed by atoms with van der Waals surface area (Å²) in [4.78, 5) is 117. The molecule has 1 fully saturated rings. The summed E-state index contributed by atoms with van der Waals surface area (Å²) in [6, 6.07) is 53.9. The largest absolute Gasteiger partial charge is 0.467 e. The molecule has 8 amide bonds. The molecule has 0 radical (unpaired) electrons. The maximum absolute atomic E-state index is 13.4. The molecule has 3 atom stereocenters. The van der Waals surface area contributed by atoms with Crippen molar-refractivity contribution in [1.29, 1.82) is 0 Å². The first-order chi connectivity index (χ1) is 65.8. The number of primary amides is 3. The van der Waals surface area contributed by atoms with E-state index in [-0.39, 0.29) is 82.7 Å². The Kier molecular flexibility index (Phi) is 30.6. The minimum atomic E-state index is -1.20. The van der Waals surface area contributed by atoms with Gasteiger partial charge in [-0.25, -0.2) is 46.9 Å². The summed E-state index contributed by atoms with van der Waals surface area (Å²) in [5.41, 5.74) is 28.5. The number of carbonyl (C=O) groups excluding carboxylic acids is 8. The van der Waals surface area contributed by atoms with Crippen LogP contribution in [0.5, 0.6) is 0 Å². The lowest BCUT2D eigenvalue weighted by atomic mass is 10.1. The first-order valence-corrected chi connectivity index (χ1v) is 41.8. The van der Waals surface area contributed by atoms with Gasteiger partial charge in [0.15, 0.2) is 0 Å². The molecular weight excluding hydrogens is 1750 g/mol. The number of nitrogens with one attached hydrogen (secondary N) is 10. The molecule has 17 aromatic rings. The van der Waals surface area contributed by atoms with E-state index in [1.54, 1.807) is 176 Å². The molecule has 0 spiro atoms. The van der Waals surface area contributed by atoms with E-state index < -0.39 is 60.2 Å². The predicted octanol–water partition coefficient (Wildman–Crippen LogP) is 12.8. The lowest BCUT2D eigenvalue weighted by molar-refractivity contribution is -0.121. The molecule has 18 rings (SSSR count). The molecule has 1 aliphatic rings. The first kappa shape index (κ1) is 93.9. The molecule has 17 N–H and O–H groups in total. The van der Waals surface area contributed by atoms with E-state index >= 15 is 0 Å². The number of aromatic nitrogens is 15. The molecule has 11 aromatic heterocycles. The van der Waals surface area contributed by atoms with Crippen molar-refractivity contribution in [2.45, 2.75) is 56.9 Å². The average Bonchev–Trinajstić information content (AvgIpc) is 1.69. The highest BCUT2D eigenvalue weighted by atomic mass is 19.1. The van der Waals surface area contributed by atoms with Crippen LogP contribution in [0.3, 0.4) is 0 Å². The Morgan fingerprint density at radius 2 is 0.765 bits per heavy atom. The molecule has 0 bridgehead atoms. The fourth-order valence-electron chi connectivity index (χ4n) is 13.0. The number of aromatic amines is 5. The van der Waals surface area contributed by atoms with E-state index in [0.29, 0.717) is 95.2 Å². The van der Waals surface area contributed by atoms with E-state index in [1.165, 1.54) is 85.8 Å². The maximum atomic E-state index is 13.4. The van der Waals surface area contributed by atoms with Crippen LogP contribution in [0.25, 0.3) is 116 Å². The number of carbonyl (C=O) groups is 8. The van der Waals surface area contributed by atoms with Gasteiger partial charge in [-0.05, 0) is 205 Å². The van der Waals surface area contributed by atoms with E-state index in [0.717, 1.165) is 45.8 Å². The van der Waals surface area contributed by atoms with Gasteiger partial charge in [-0.3, -0.25) is 63.8 Å². The van der Waals surface area contributed by atoms with Gasteiger partial charge in [-0.2, -0.15) is 25.5 Å². The number of aliphatic hydroxyl groups is 1. The highest BCUT2D eigenvalue weighted by molar-refractivity contribution is 6.03. The zero-order valence-electron chi connectivity index (χ0n) is 71.8. The highest BCUT2D eigenvalue weighted by Gasteiger charge is 2.27. The minimum Gasteiger partial charge on any atom is -0.467 e. The molecular formula is C98H82F5N23O10. The molecule has 33 nitrogen and oxygen atoms in total. The molecule has 1 aliphatic carbocycles. The maximum Gasteiger partial charge on any atom is 0.270 e. The Hall–Kier alpha value is -18.2. The van der Waals surface area contributed by atoms with Crippen LogP contribution in [-0.4, -0.2) is 159 Å². The number of rotatable bonds is 27. The molecule has 0 saturated heterocycles. The lowest BCUT2D eigenvalue weighted by Crippen LogP contribution is -2.46. The normalized spacial score (nSPS) is 12.5. The van der Waals surface area contributed by atoms with Crippen molar-refractivity contribution >= 4 is 163 Å². The van der Waals surface area contributed by atoms with Crippen LogP contribution in [0.2, 0.25) is 0 Å². The first-order valence-electron chi connectivity index (χ1n) is 41.8. The quantitative estimate of drug-likeness (QED) is 0.0213. The molecule has 3 unspecified atom stereocenters. The van der Waals surface area contributed by atoms with Gasteiger partial charge >= 0.3 is 0 Å². The summed E-state index contributed by atoms with van der Waals surface area (Å²) in [6.07, 6.45) is 24.2. The van der Waals surface area contributed by atoms with Crippen molar-refractivity contribution < 1.29 is 69.8 Å². The summed E-state index contributed by atoms with van der Waals surface area (Å²) in [5, 5.41) is 58.9. The molecule has 684 valence electrons. The predicted molar refractivity (Wildman–Crippen MR) is 501 cm³/mol. The van der Waals surface area contributed by atoms with Crippen molar-refractivity contribution in [2.24, 2.45) is 17.2 Å². The van der Waals surface area contributed by atoms with Gasteiger partial charge < -0.3 is 53.3 Å². The van der Waals surface area contributed by atoms with Gasteiger partial charge in [0.25, 0.3) is 29.5 Å². The van der Waals surface area contributed by atoms with E-state index in [1.807, 2.05) is 36.4 Å². The van der Waals surface area contributed by atoms with Crippen LogP contribution in [0.15, 0.2) is 235 Å². The van der Waals surface area contributed by atoms with Crippen molar-refractivity contribution in [3.63, 3.8) is 0 Å². The van der Waals surface area contributed by atoms with Crippen molar-refractivity contribution in [1.82, 2.24) is 102 Å². The van der Waals surface area contributed by atoms with E-state index in [2.05, 4.69) is 102 Å². The van der Waals surface area contributed by atoms with E-state index in [9.17, 15) is 60.3 Å². The second-order valence-corrected chi connectivity index (χ2v) is 30.3. The standard InChI is InChI=1S/C24H20FN5O2.C20H15FN4O2.C18H16FN5O3.C18H16FN5O2.C18H15FN4O/c25-17-8-4-7-16(13-17)9-10-18-22-19(30-29-18)11-12-20(27-22)24(32)28-21(23(26)31)14-15-5-2-1-3-6-15;21-14-4-1-3-13(9-14)6-7-17-16-10-18(22-12-19(16)25-24-17)20(26)23-11-15-5-2-8-27-15;19-11-3-1-2-10(8-11)4-5-12-16-13(24-23-12)6-7-14(21-16)18(27)22-15(9-25)17(20)26;1-10(17(20)25)21-18(26)15-8-7-14-16(22-15)13(23-24-14)6-5-11-3-2-4-12(19)9-11;19-12-3-1-2-11(8-12)4-7-15-14-9-16(18(24)21-13-5-6-13)20-10-17(14)23-22-15/h1-13,21H,14H2,(H2,26,31)(H,28,32)(H,29,30);1-10,12H,11H2,(H,23,26)(H,24,25);1-8,15,25H,9H2,(H2,20,26)(H,22,27)(H,23,24);2-10H,1H3,(H2,20,25)(H,21,26)(H,23,24);1-4,7-10,13H,5-6H2,(H,21,24)(H,22,23)/b10-9+;7-6+;5-4+;6-5+;7-4+. The third-order valence-corrected chi connectivity index (χ3v) is 20.3. The molecule has 1 saturated carbocycles. The van der Waals surface area contributed by atoms with Gasteiger partial charge in [-0.15, -0.1) is 0 Å². The van der Waals surface area contributed by atoms with Crippen molar-refractivity contribution in [3.05, 3.63) is 356 Å². The van der Waals surface area contributed by atoms with Gasteiger partial charge in [0, 0.05) is 23.2 Å². The summed E-state index contributed by atoms with van der Waals surface area (Å²) in [7, 11) is 0. The number of furan rings is 1. The molecule has 38 heteroatoms. The number of nitrogens with zero attached hydrogens (tertiary/aromatic N) is 10. The number of aliphatic hydroxyl groups excluding tert-OH is 1. The number of hydrogen-bond acceptors (Lipinski definition) is 20. The third-order valence-electron chi connectivity index (χ3n) is 20.3. The Labute approximate surface area is 768 Å². The summed E-state index contributed by atoms with van der Waals surface area (Å²) in [6.45, 7) is 1.16. The van der Waals surface area contributed by atoms with Crippen LogP contribution in [0.4, 0.5) is 22.0 Å². The number of fused-ring (bicyclic) bond motifs is 5. The number of amides is 8. The van der Waals surface area contributed by atoms with Crippen LogP contribution >= 0.6 is 0 Å². The number of halogens is 5. The summed E-state index contributed by atoms with van der Waals surface area (Å²) in [5.74, 6) is -5.24. The minimum absolute atomic E-state index is 0.0315. The summed E-state index contributed by atoms with van der Waals surface area (Å²) >= 11 is 0. The number of H-pyrrole nitrogens is 5. The van der Waals surface area contributed by atoms with E-state index in [4.69, 9.17) is 26.7 Å². The SMILES string of the molecule is CC(NC(=O)c1ccc2[nH]nc(/C=C/c3cccc(F)c3)c2n1)C(N)=O.NC(=O)C(CO)NC(=O)c1ccc2[nH]nc(/C=C/c3cccc(F)c3)c2n1.NC(=O)C(Cc1ccccc1)NC(=O)c1ccc2[nH]nc(/C=C/c3cccc(F)c3)c2n1.O=C(NC1CC1)c1cc2c(/C=C/c3cccc(F)c3)n[nH]c2cn1.O=C(NCc1ccco1)c1cc2c(/C=C/c3cccc(F)c3)n[nH]c2cn1. The Morgan fingerprint density at radius 1 is 0.397 bits per heavy atom. The van der Waals surface area contributed by atoms with Crippen LogP contribution in [0.1, 0.15) is 140 Å². The van der Waals surface area contributed by atoms with Crippen molar-refractivity contribution in [3.8, 4) is 0 Å². The highest BCUT2D eigenvalue weighted by Crippen LogP contribution is 2.26. The molecule has 11 heterocycles. The van der Waals surface area contributed by atoms with Crippen LogP contribution < -0.4 is 43.8 Å². The lowest BCUT2D eigenvalue weighted by Gasteiger charge is -2.15.